The van der Waals surface area contributed by atoms with Crippen LogP contribution < -0.4 is 0 Å². The number of benzene rings is 2. The second-order valence-corrected chi connectivity index (χ2v) is 12.8. The van der Waals surface area contributed by atoms with Gasteiger partial charge in [-0.2, -0.15) is 0 Å². The Morgan fingerprint density at radius 1 is 0.694 bits per heavy atom. The minimum Gasteiger partial charge on any atom is -0.508 e. The lowest BCUT2D eigenvalue weighted by atomic mass is 10.0. The van der Waals surface area contributed by atoms with Crippen molar-refractivity contribution >= 4 is 15.2 Å². The molecule has 0 aromatic heterocycles. The largest absolute Gasteiger partial charge is 0.508 e. The van der Waals surface area contributed by atoms with Crippen molar-refractivity contribution in [2.24, 2.45) is 0 Å². The molecule has 2 aromatic rings. The van der Waals surface area contributed by atoms with Gasteiger partial charge in [0.15, 0.2) is 0 Å². The Morgan fingerprint density at radius 2 is 1.08 bits per heavy atom. The SMILES string of the molecule is CCOP(=O)(C[C@H](C)c1cccc(C)c1)OCC.CCOP(=O)(C[C@H](C)c1cccc(O)c1)OCC. The van der Waals surface area contributed by atoms with E-state index in [9.17, 15) is 14.2 Å². The second-order valence-electron chi connectivity index (χ2n) is 8.57. The number of aryl methyl sites for hydroxylation is 1. The third-order valence-electron chi connectivity index (χ3n) is 5.35. The highest BCUT2D eigenvalue weighted by atomic mass is 31.2. The van der Waals surface area contributed by atoms with Crippen molar-refractivity contribution < 1.29 is 32.3 Å². The average molecular weight is 543 g/mol. The van der Waals surface area contributed by atoms with Crippen molar-refractivity contribution in [3.63, 3.8) is 0 Å². The molecule has 9 heteroatoms. The maximum atomic E-state index is 12.4. The fourth-order valence-electron chi connectivity index (χ4n) is 3.76. The summed E-state index contributed by atoms with van der Waals surface area (Å²) in [7, 11) is -5.99. The number of phenols is 1. The molecular weight excluding hydrogens is 498 g/mol. The monoisotopic (exact) mass is 542 g/mol. The van der Waals surface area contributed by atoms with Crippen LogP contribution in [-0.4, -0.2) is 43.9 Å². The zero-order valence-corrected chi connectivity index (χ0v) is 24.6. The van der Waals surface area contributed by atoms with Crippen molar-refractivity contribution in [3.8, 4) is 5.75 Å². The predicted octanol–water partition coefficient (Wildman–Crippen LogP) is 8.13. The molecule has 2 aromatic carbocycles. The summed E-state index contributed by atoms with van der Waals surface area (Å²) in [4.78, 5) is 0. The summed E-state index contributed by atoms with van der Waals surface area (Å²) in [6.07, 6.45) is 0.746. The molecule has 0 aliphatic rings. The molecule has 0 heterocycles. The van der Waals surface area contributed by atoms with Gasteiger partial charge >= 0.3 is 15.2 Å². The Balaban J connectivity index is 0.000000360. The summed E-state index contributed by atoms with van der Waals surface area (Å²) in [5.41, 5.74) is 3.31. The first-order chi connectivity index (χ1) is 17.0. The van der Waals surface area contributed by atoms with Gasteiger partial charge in [0, 0.05) is 0 Å². The molecule has 0 saturated carbocycles. The van der Waals surface area contributed by atoms with Gasteiger partial charge in [0.05, 0.1) is 38.8 Å². The molecule has 0 radical (unpaired) electrons. The fraction of sp³-hybridized carbons (Fsp3) is 0.556. The van der Waals surface area contributed by atoms with Crippen LogP contribution in [0.25, 0.3) is 0 Å². The Kier molecular flexibility index (Phi) is 14.8. The van der Waals surface area contributed by atoms with E-state index in [1.54, 1.807) is 32.0 Å². The van der Waals surface area contributed by atoms with E-state index in [0.29, 0.717) is 38.8 Å². The highest BCUT2D eigenvalue weighted by Crippen LogP contribution is 2.52. The van der Waals surface area contributed by atoms with E-state index in [1.165, 1.54) is 11.1 Å². The average Bonchev–Trinajstić information content (AvgIpc) is 2.80. The highest BCUT2D eigenvalue weighted by molar-refractivity contribution is 7.54. The molecule has 36 heavy (non-hydrogen) atoms. The lowest BCUT2D eigenvalue weighted by Crippen LogP contribution is -2.06. The summed E-state index contributed by atoms with van der Waals surface area (Å²) in [5.74, 6) is 0.372. The van der Waals surface area contributed by atoms with Gasteiger partial charge < -0.3 is 23.2 Å². The number of hydrogen-bond donors (Lipinski definition) is 1. The molecule has 0 amide bonds. The molecule has 0 saturated heterocycles. The van der Waals surface area contributed by atoms with E-state index in [2.05, 4.69) is 32.0 Å². The van der Waals surface area contributed by atoms with E-state index in [1.807, 2.05) is 32.9 Å². The molecule has 0 unspecified atom stereocenters. The second kappa shape index (κ2) is 16.4. The van der Waals surface area contributed by atoms with E-state index < -0.39 is 15.2 Å². The molecule has 0 aliphatic carbocycles. The lowest BCUT2D eigenvalue weighted by Gasteiger charge is -2.21. The predicted molar refractivity (Wildman–Crippen MR) is 148 cm³/mol. The smallest absolute Gasteiger partial charge is 0.331 e. The third kappa shape index (κ3) is 11.7. The zero-order chi connectivity index (χ0) is 27.2. The molecule has 7 nitrogen and oxygen atoms in total. The number of phenolic OH excluding ortho intramolecular Hbond substituents is 1. The van der Waals surface area contributed by atoms with Gasteiger partial charge in [-0.25, -0.2) is 0 Å². The molecule has 2 atom stereocenters. The molecule has 0 fully saturated rings. The Hall–Kier alpha value is -1.46. The number of aromatic hydroxyl groups is 1. The summed E-state index contributed by atoms with van der Waals surface area (Å²) in [6.45, 7) is 14.9. The third-order valence-corrected chi connectivity index (χ3v) is 9.94. The first-order valence-corrected chi connectivity index (χ1v) is 16.1. The molecular formula is C27H44O7P2. The van der Waals surface area contributed by atoms with Crippen LogP contribution in [0.4, 0.5) is 0 Å². The van der Waals surface area contributed by atoms with Crippen LogP contribution in [0, 0.1) is 6.92 Å². The van der Waals surface area contributed by atoms with Gasteiger partial charge in [-0.3, -0.25) is 9.13 Å². The summed E-state index contributed by atoms with van der Waals surface area (Å²) < 4.78 is 46.0. The van der Waals surface area contributed by atoms with Gasteiger partial charge in [0.2, 0.25) is 0 Å². The molecule has 0 spiro atoms. The lowest BCUT2D eigenvalue weighted by molar-refractivity contribution is 0.218. The Morgan fingerprint density at radius 3 is 1.44 bits per heavy atom. The van der Waals surface area contributed by atoms with Crippen LogP contribution in [0.3, 0.4) is 0 Å². The Bertz CT molecular complexity index is 896. The minimum atomic E-state index is -3.04. The quantitative estimate of drug-likeness (QED) is 0.241. The van der Waals surface area contributed by atoms with E-state index in [-0.39, 0.29) is 17.6 Å². The van der Waals surface area contributed by atoms with Gasteiger partial charge in [-0.05, 0) is 69.7 Å². The first-order valence-electron chi connectivity index (χ1n) is 12.6. The van der Waals surface area contributed by atoms with Crippen molar-refractivity contribution in [2.75, 3.05) is 38.8 Å². The van der Waals surface area contributed by atoms with Crippen LogP contribution in [0.15, 0.2) is 48.5 Å². The summed E-state index contributed by atoms with van der Waals surface area (Å²) in [5, 5.41) is 9.44. The van der Waals surface area contributed by atoms with Crippen LogP contribution in [0.5, 0.6) is 5.75 Å². The van der Waals surface area contributed by atoms with Crippen molar-refractivity contribution in [1.29, 1.82) is 0 Å². The zero-order valence-electron chi connectivity index (χ0n) is 22.8. The van der Waals surface area contributed by atoms with Crippen LogP contribution in [0.2, 0.25) is 0 Å². The molecule has 1 N–H and O–H groups in total. The van der Waals surface area contributed by atoms with Crippen molar-refractivity contribution in [3.05, 3.63) is 65.2 Å². The highest BCUT2D eigenvalue weighted by Gasteiger charge is 2.28. The van der Waals surface area contributed by atoms with E-state index >= 15 is 0 Å². The first kappa shape index (κ1) is 32.6. The molecule has 2 rings (SSSR count). The maximum Gasteiger partial charge on any atom is 0.331 e. The molecule has 204 valence electrons. The van der Waals surface area contributed by atoms with Crippen LogP contribution in [0.1, 0.15) is 70.1 Å². The summed E-state index contributed by atoms with van der Waals surface area (Å²) in [6, 6.07) is 15.2. The molecule has 0 aliphatic heterocycles. The normalized spacial score (nSPS) is 13.5. The Labute approximate surface area is 217 Å². The summed E-state index contributed by atoms with van der Waals surface area (Å²) >= 11 is 0. The standard InChI is InChI=1S/C14H23O3P.C13H21O4P/c1-5-16-18(15,17-6-2)11-13(4)14-9-7-8-12(3)10-14;1-4-16-18(15,17-5-2)10-11(3)12-7-6-8-13(14)9-12/h7-10,13H,5-6,11H2,1-4H3;6-9,11,14H,4-5,10H2,1-3H3/t13-;11-/m00/s1. The van der Waals surface area contributed by atoms with E-state index in [0.717, 1.165) is 5.56 Å². The number of hydrogen-bond acceptors (Lipinski definition) is 7. The molecule has 0 bridgehead atoms. The van der Waals surface area contributed by atoms with Gasteiger partial charge in [0.25, 0.3) is 0 Å². The van der Waals surface area contributed by atoms with Crippen LogP contribution >= 0.6 is 15.2 Å². The van der Waals surface area contributed by atoms with Crippen molar-refractivity contribution in [1.82, 2.24) is 0 Å². The van der Waals surface area contributed by atoms with Gasteiger partial charge in [0.1, 0.15) is 5.75 Å². The fourth-order valence-corrected chi connectivity index (χ4v) is 7.67. The minimum absolute atomic E-state index is 0.000957. The van der Waals surface area contributed by atoms with Crippen molar-refractivity contribution in [2.45, 2.75) is 60.3 Å². The topological polar surface area (TPSA) is 91.3 Å². The van der Waals surface area contributed by atoms with Crippen LogP contribution in [-0.2, 0) is 27.2 Å². The van der Waals surface area contributed by atoms with Gasteiger partial charge in [-0.1, -0.05) is 55.8 Å². The number of rotatable bonds is 14. The van der Waals surface area contributed by atoms with E-state index in [4.69, 9.17) is 18.1 Å². The maximum absolute atomic E-state index is 12.4. The van der Waals surface area contributed by atoms with Gasteiger partial charge in [-0.15, -0.1) is 0 Å².